The predicted molar refractivity (Wildman–Crippen MR) is 108 cm³/mol. The van der Waals surface area contributed by atoms with Gasteiger partial charge in [0, 0.05) is 5.69 Å². The van der Waals surface area contributed by atoms with E-state index in [1.54, 1.807) is 37.7 Å². The lowest BCUT2D eigenvalue weighted by Crippen LogP contribution is -2.59. The molecule has 2 aliphatic heterocycles. The van der Waals surface area contributed by atoms with E-state index in [0.717, 1.165) is 11.0 Å². The molecule has 5 rings (SSSR count). The second-order valence-corrected chi connectivity index (χ2v) is 7.35. The van der Waals surface area contributed by atoms with E-state index in [2.05, 4.69) is 15.6 Å². The fourth-order valence-electron chi connectivity index (χ4n) is 4.08. The molecule has 2 aliphatic rings. The van der Waals surface area contributed by atoms with Crippen LogP contribution in [0.5, 0.6) is 5.75 Å². The van der Waals surface area contributed by atoms with Crippen molar-refractivity contribution in [1.29, 1.82) is 0 Å². The second-order valence-electron chi connectivity index (χ2n) is 7.35. The number of benzene rings is 2. The van der Waals surface area contributed by atoms with Crippen molar-refractivity contribution >= 4 is 22.8 Å². The van der Waals surface area contributed by atoms with Crippen LogP contribution in [-0.2, 0) is 9.47 Å². The molecule has 0 aliphatic carbocycles. The summed E-state index contributed by atoms with van der Waals surface area (Å²) in [6.07, 6.45) is -0.295. The maximum Gasteiger partial charge on any atom is 0.319 e. The normalized spacial score (nSPS) is 27.7. The Morgan fingerprint density at radius 3 is 2.83 bits per heavy atom. The van der Waals surface area contributed by atoms with E-state index in [4.69, 9.17) is 14.2 Å². The summed E-state index contributed by atoms with van der Waals surface area (Å²) in [5.41, 5.74) is 2.28. The van der Waals surface area contributed by atoms with Gasteiger partial charge in [0.1, 0.15) is 24.0 Å². The van der Waals surface area contributed by atoms with Gasteiger partial charge in [0.05, 0.1) is 37.1 Å². The number of hydrogen-bond acceptors (Lipinski definition) is 6. The Bertz CT molecular complexity index is 1050. The highest BCUT2D eigenvalue weighted by molar-refractivity contribution is 5.89. The van der Waals surface area contributed by atoms with E-state index >= 15 is 0 Å². The Labute approximate surface area is 172 Å². The van der Waals surface area contributed by atoms with Gasteiger partial charge < -0.3 is 34.5 Å². The van der Waals surface area contributed by atoms with Gasteiger partial charge in [0.2, 0.25) is 0 Å². The summed E-state index contributed by atoms with van der Waals surface area (Å²) in [6.45, 7) is 0.290. The molecule has 3 aromatic rings. The third kappa shape index (κ3) is 3.26. The van der Waals surface area contributed by atoms with E-state index in [-0.39, 0.29) is 0 Å². The van der Waals surface area contributed by atoms with E-state index in [9.17, 15) is 9.90 Å². The summed E-state index contributed by atoms with van der Waals surface area (Å²) in [7, 11) is 1.58. The van der Waals surface area contributed by atoms with Crippen molar-refractivity contribution in [2.24, 2.45) is 0 Å². The lowest BCUT2D eigenvalue weighted by molar-refractivity contribution is -0.162. The van der Waals surface area contributed by atoms with Crippen LogP contribution >= 0.6 is 0 Å². The highest BCUT2D eigenvalue weighted by Crippen LogP contribution is 2.37. The summed E-state index contributed by atoms with van der Waals surface area (Å²) in [4.78, 5) is 17.0. The molecule has 2 bridgehead atoms. The topological polar surface area (TPSA) is 107 Å². The minimum Gasteiger partial charge on any atom is -0.497 e. The lowest BCUT2D eigenvalue weighted by atomic mass is 9.96. The zero-order valence-electron chi connectivity index (χ0n) is 16.3. The van der Waals surface area contributed by atoms with Crippen molar-refractivity contribution < 1.29 is 24.1 Å². The van der Waals surface area contributed by atoms with Gasteiger partial charge in [0.25, 0.3) is 0 Å². The molecule has 9 heteroatoms. The number of nitrogens with zero attached hydrogens (tertiary/aromatic N) is 2. The van der Waals surface area contributed by atoms with E-state index in [1.807, 2.05) is 28.8 Å². The van der Waals surface area contributed by atoms with Crippen LogP contribution in [0.4, 0.5) is 10.5 Å². The number of para-hydroxylation sites is 2. The average Bonchev–Trinajstić information content (AvgIpc) is 3.38. The van der Waals surface area contributed by atoms with Crippen LogP contribution in [0.2, 0.25) is 0 Å². The van der Waals surface area contributed by atoms with Crippen LogP contribution in [0.1, 0.15) is 6.04 Å². The van der Waals surface area contributed by atoms with Gasteiger partial charge >= 0.3 is 6.03 Å². The summed E-state index contributed by atoms with van der Waals surface area (Å²) < 4.78 is 18.7. The fraction of sp³-hybridized carbons (Fsp3) is 0.333. The lowest BCUT2D eigenvalue weighted by Gasteiger charge is -2.39. The zero-order valence-corrected chi connectivity index (χ0v) is 16.3. The van der Waals surface area contributed by atoms with Crippen molar-refractivity contribution in [3.05, 3.63) is 54.9 Å². The SMILES string of the molecule is COc1ccc(NC(=O)N[C@H]2[C@H](O)[C@@H](n3cnc4ccccc43)[C@@H]3OC[C@H]2O3)cc1. The molecule has 0 radical (unpaired) electrons. The number of aromatic nitrogens is 2. The number of urea groups is 1. The number of ether oxygens (including phenoxy) is 3. The van der Waals surface area contributed by atoms with Gasteiger partial charge in [0.15, 0.2) is 6.29 Å². The number of aliphatic hydroxyl groups is 1. The highest BCUT2D eigenvalue weighted by Gasteiger charge is 2.51. The molecular weight excluding hydrogens is 388 g/mol. The number of aliphatic hydroxyl groups excluding tert-OH is 1. The summed E-state index contributed by atoms with van der Waals surface area (Å²) >= 11 is 0. The first kappa shape index (κ1) is 18.9. The molecule has 2 fully saturated rings. The van der Waals surface area contributed by atoms with E-state index < -0.39 is 36.6 Å². The summed E-state index contributed by atoms with van der Waals surface area (Å²) in [5, 5.41) is 16.8. The van der Waals surface area contributed by atoms with Gasteiger partial charge in [-0.15, -0.1) is 0 Å². The van der Waals surface area contributed by atoms with Crippen LogP contribution in [0.25, 0.3) is 11.0 Å². The van der Waals surface area contributed by atoms with E-state index in [1.165, 1.54) is 0 Å². The Morgan fingerprint density at radius 2 is 2.03 bits per heavy atom. The molecule has 2 aromatic carbocycles. The number of nitrogens with one attached hydrogen (secondary N) is 2. The van der Waals surface area contributed by atoms with Crippen molar-refractivity contribution in [2.45, 2.75) is 30.6 Å². The smallest absolute Gasteiger partial charge is 0.319 e. The maximum absolute atomic E-state index is 12.6. The zero-order chi connectivity index (χ0) is 20.7. The van der Waals surface area contributed by atoms with Crippen LogP contribution in [0, 0.1) is 0 Å². The van der Waals surface area contributed by atoms with Gasteiger partial charge in [-0.05, 0) is 36.4 Å². The Balaban J connectivity index is 1.35. The number of carbonyl (C=O) groups excluding carboxylic acids is 1. The van der Waals surface area contributed by atoms with Crippen LogP contribution in [0.3, 0.4) is 0 Å². The number of imidazole rings is 1. The minimum absolute atomic E-state index is 0.290. The van der Waals surface area contributed by atoms with E-state index in [0.29, 0.717) is 18.0 Å². The Morgan fingerprint density at radius 1 is 1.23 bits per heavy atom. The molecule has 3 heterocycles. The summed E-state index contributed by atoms with van der Waals surface area (Å²) in [6, 6.07) is 13.0. The number of anilines is 1. The van der Waals surface area contributed by atoms with Crippen molar-refractivity contribution in [2.75, 3.05) is 19.0 Å². The van der Waals surface area contributed by atoms with Crippen LogP contribution in [-0.4, -0.2) is 58.9 Å². The molecular formula is C21H22N4O5. The number of methoxy groups -OCH3 is 1. The monoisotopic (exact) mass is 410 g/mol. The molecule has 0 unspecified atom stereocenters. The standard InChI is InChI=1S/C21H22N4O5/c1-28-13-8-6-12(7-9-13)23-21(27)24-17-16-10-29-20(30-16)18(19(17)26)25-11-22-14-4-2-3-5-15(14)25/h2-9,11,16-20,26H,10H2,1H3,(H2,23,24,27)/t16-,17-,18-,19+,20-/m1/s1. The fourth-order valence-corrected chi connectivity index (χ4v) is 4.08. The predicted octanol–water partition coefficient (Wildman–Crippen LogP) is 1.89. The Kier molecular flexibility index (Phi) is 4.78. The number of fused-ring (bicyclic) bond motifs is 3. The molecule has 0 spiro atoms. The van der Waals surface area contributed by atoms with Crippen molar-refractivity contribution in [3.8, 4) is 5.75 Å². The number of amides is 2. The first-order valence-electron chi connectivity index (χ1n) is 9.72. The van der Waals surface area contributed by atoms with Crippen LogP contribution in [0.15, 0.2) is 54.9 Å². The molecule has 9 nitrogen and oxygen atoms in total. The first-order valence-corrected chi connectivity index (χ1v) is 9.72. The second kappa shape index (κ2) is 7.60. The summed E-state index contributed by atoms with van der Waals surface area (Å²) in [5.74, 6) is 0.696. The molecule has 2 amide bonds. The largest absolute Gasteiger partial charge is 0.497 e. The van der Waals surface area contributed by atoms with Gasteiger partial charge in [-0.1, -0.05) is 12.1 Å². The molecule has 0 saturated carbocycles. The van der Waals surface area contributed by atoms with Gasteiger partial charge in [-0.2, -0.15) is 0 Å². The van der Waals surface area contributed by atoms with Crippen molar-refractivity contribution in [3.63, 3.8) is 0 Å². The molecule has 2 saturated heterocycles. The van der Waals surface area contributed by atoms with Crippen LogP contribution < -0.4 is 15.4 Å². The third-order valence-electron chi connectivity index (χ3n) is 5.58. The van der Waals surface area contributed by atoms with Crippen molar-refractivity contribution in [1.82, 2.24) is 14.9 Å². The number of carbonyl (C=O) groups is 1. The highest BCUT2D eigenvalue weighted by atomic mass is 16.7. The minimum atomic E-state index is -0.921. The maximum atomic E-state index is 12.6. The van der Waals surface area contributed by atoms with Gasteiger partial charge in [-0.3, -0.25) is 0 Å². The quantitative estimate of drug-likeness (QED) is 0.607. The third-order valence-corrected chi connectivity index (χ3v) is 5.58. The molecule has 156 valence electrons. The molecule has 3 N–H and O–H groups in total. The molecule has 30 heavy (non-hydrogen) atoms. The van der Waals surface area contributed by atoms with Gasteiger partial charge in [-0.25, -0.2) is 9.78 Å². The Hall–Kier alpha value is -3.14. The molecule has 1 aromatic heterocycles. The number of rotatable bonds is 4. The molecule has 5 atom stereocenters. The average molecular weight is 410 g/mol. The number of hydrogen-bond donors (Lipinski definition) is 3. The first-order chi connectivity index (χ1) is 14.6.